The molecule has 3 aliphatic rings. The molecule has 0 aromatic carbocycles. The fourth-order valence-corrected chi connectivity index (χ4v) is 5.42. The van der Waals surface area contributed by atoms with E-state index in [1.165, 1.54) is 5.69 Å². The molecule has 1 aliphatic carbocycles. The Morgan fingerprint density at radius 1 is 1.38 bits per heavy atom. The molecule has 3 atom stereocenters. The van der Waals surface area contributed by atoms with Gasteiger partial charge in [-0.15, -0.1) is 0 Å². The lowest BCUT2D eigenvalue weighted by molar-refractivity contribution is 0.0938. The molecule has 0 unspecified atom stereocenters. The number of hydrogen-bond donors (Lipinski definition) is 1. The Kier molecular flexibility index (Phi) is 4.19. The number of aryl methyl sites for hydroxylation is 2. The molecule has 4 rings (SSSR count). The maximum Gasteiger partial charge on any atom is 0.214 e. The summed E-state index contributed by atoms with van der Waals surface area (Å²) in [7, 11) is -1.12. The first kappa shape index (κ1) is 16.5. The smallest absolute Gasteiger partial charge is 0.214 e. The molecule has 0 radical (unpaired) electrons. The third-order valence-corrected chi connectivity index (χ3v) is 7.43. The molecule has 0 amide bonds. The molecular formula is C16H26N4O3S. The second-order valence-corrected chi connectivity index (χ2v) is 9.53. The third-order valence-electron chi connectivity index (χ3n) is 5.51. The van der Waals surface area contributed by atoms with E-state index < -0.39 is 10.0 Å². The quantitative estimate of drug-likeness (QED) is 0.793. The van der Waals surface area contributed by atoms with E-state index in [-0.39, 0.29) is 17.3 Å². The number of rotatable bonds is 6. The van der Waals surface area contributed by atoms with Crippen molar-refractivity contribution in [3.8, 4) is 0 Å². The molecule has 134 valence electrons. The van der Waals surface area contributed by atoms with Gasteiger partial charge in [0.2, 0.25) is 10.0 Å². The van der Waals surface area contributed by atoms with Crippen LogP contribution in [0.25, 0.3) is 0 Å². The molecule has 3 heterocycles. The minimum absolute atomic E-state index is 0.149. The van der Waals surface area contributed by atoms with Crippen LogP contribution < -0.4 is 4.72 Å². The molecule has 1 N–H and O–H groups in total. The van der Waals surface area contributed by atoms with Crippen molar-refractivity contribution in [2.45, 2.75) is 37.7 Å². The fraction of sp³-hybridized carbons (Fsp3) is 0.812. The van der Waals surface area contributed by atoms with Crippen molar-refractivity contribution >= 4 is 10.0 Å². The maximum atomic E-state index is 12.0. The second kappa shape index (κ2) is 6.09. The standard InChI is InChI=1S/C16H26N4O3S/c1-11-5-13(19(2)18-11)7-20-8-15-12(10-23-16(15)9-20)6-17-24(21,22)14-3-4-14/h5,12,14-17H,3-4,6-10H2,1-2H3/t12-,15+,16+/m1/s1. The zero-order valence-corrected chi connectivity index (χ0v) is 15.1. The van der Waals surface area contributed by atoms with Gasteiger partial charge < -0.3 is 4.74 Å². The first-order valence-electron chi connectivity index (χ1n) is 8.74. The van der Waals surface area contributed by atoms with Gasteiger partial charge in [0, 0.05) is 45.1 Å². The Morgan fingerprint density at radius 2 is 2.17 bits per heavy atom. The number of aromatic nitrogens is 2. The summed E-state index contributed by atoms with van der Waals surface area (Å²) in [6.07, 6.45) is 1.84. The molecule has 2 saturated heterocycles. The van der Waals surface area contributed by atoms with Crippen LogP contribution in [0.3, 0.4) is 0 Å². The number of sulfonamides is 1. The van der Waals surface area contributed by atoms with E-state index in [0.29, 0.717) is 19.1 Å². The molecule has 3 fully saturated rings. The highest BCUT2D eigenvalue weighted by atomic mass is 32.2. The van der Waals surface area contributed by atoms with Gasteiger partial charge in [-0.2, -0.15) is 5.10 Å². The summed E-state index contributed by atoms with van der Waals surface area (Å²) in [6, 6.07) is 2.12. The van der Waals surface area contributed by atoms with E-state index in [9.17, 15) is 8.42 Å². The van der Waals surface area contributed by atoms with Crippen molar-refractivity contribution in [1.29, 1.82) is 0 Å². The van der Waals surface area contributed by atoms with Gasteiger partial charge in [-0.05, 0) is 25.8 Å². The molecule has 24 heavy (non-hydrogen) atoms. The zero-order chi connectivity index (χ0) is 16.9. The van der Waals surface area contributed by atoms with Gasteiger partial charge in [0.1, 0.15) is 0 Å². The average Bonchev–Trinajstić information content (AvgIpc) is 3.11. The summed E-state index contributed by atoms with van der Waals surface area (Å²) in [4.78, 5) is 2.40. The average molecular weight is 354 g/mol. The predicted molar refractivity (Wildman–Crippen MR) is 89.9 cm³/mol. The Morgan fingerprint density at radius 3 is 2.83 bits per heavy atom. The van der Waals surface area contributed by atoms with Gasteiger partial charge >= 0.3 is 0 Å². The van der Waals surface area contributed by atoms with Crippen molar-refractivity contribution in [1.82, 2.24) is 19.4 Å². The lowest BCUT2D eigenvalue weighted by Crippen LogP contribution is -2.35. The van der Waals surface area contributed by atoms with Crippen LogP contribution in [0.2, 0.25) is 0 Å². The number of fused-ring (bicyclic) bond motifs is 1. The molecular weight excluding hydrogens is 328 g/mol. The lowest BCUT2D eigenvalue weighted by atomic mass is 9.93. The number of ether oxygens (including phenoxy) is 1. The zero-order valence-electron chi connectivity index (χ0n) is 14.3. The van der Waals surface area contributed by atoms with E-state index >= 15 is 0 Å². The van der Waals surface area contributed by atoms with Crippen LogP contribution in [0.1, 0.15) is 24.2 Å². The highest BCUT2D eigenvalue weighted by molar-refractivity contribution is 7.90. The van der Waals surface area contributed by atoms with Crippen LogP contribution in [0.5, 0.6) is 0 Å². The predicted octanol–water partition coefficient (Wildman–Crippen LogP) is 0.257. The lowest BCUT2D eigenvalue weighted by Gasteiger charge is -2.20. The summed E-state index contributed by atoms with van der Waals surface area (Å²) >= 11 is 0. The van der Waals surface area contributed by atoms with Gasteiger partial charge in [0.15, 0.2) is 0 Å². The Balaban J connectivity index is 1.34. The van der Waals surface area contributed by atoms with Crippen molar-refractivity contribution in [2.24, 2.45) is 18.9 Å². The van der Waals surface area contributed by atoms with Gasteiger partial charge in [-0.1, -0.05) is 0 Å². The third kappa shape index (κ3) is 3.24. The van der Waals surface area contributed by atoms with E-state index in [0.717, 1.165) is 38.2 Å². The SMILES string of the molecule is Cc1cc(CN2C[C@H]3[C@H](CNS(=O)(=O)C4CC4)CO[C@H]3C2)n(C)n1. The molecule has 0 bridgehead atoms. The fourth-order valence-electron chi connectivity index (χ4n) is 3.98. The molecule has 1 aromatic rings. The molecule has 8 heteroatoms. The van der Waals surface area contributed by atoms with Crippen molar-refractivity contribution in [3.05, 3.63) is 17.5 Å². The minimum atomic E-state index is -3.10. The van der Waals surface area contributed by atoms with Gasteiger partial charge in [0.25, 0.3) is 0 Å². The molecule has 1 aromatic heterocycles. The number of hydrogen-bond acceptors (Lipinski definition) is 5. The van der Waals surface area contributed by atoms with Crippen LogP contribution >= 0.6 is 0 Å². The van der Waals surface area contributed by atoms with Gasteiger partial charge in [0.05, 0.1) is 29.3 Å². The highest BCUT2D eigenvalue weighted by Crippen LogP contribution is 2.34. The van der Waals surface area contributed by atoms with Crippen LogP contribution in [0.15, 0.2) is 6.07 Å². The van der Waals surface area contributed by atoms with Crippen LogP contribution in [0.4, 0.5) is 0 Å². The largest absolute Gasteiger partial charge is 0.376 e. The first-order valence-corrected chi connectivity index (χ1v) is 10.3. The number of likely N-dealkylation sites (tertiary alicyclic amines) is 1. The second-order valence-electron chi connectivity index (χ2n) is 7.48. The van der Waals surface area contributed by atoms with Crippen LogP contribution in [0, 0.1) is 18.8 Å². The van der Waals surface area contributed by atoms with Crippen LogP contribution in [-0.4, -0.2) is 60.7 Å². The number of nitrogens with one attached hydrogen (secondary N) is 1. The summed E-state index contributed by atoms with van der Waals surface area (Å²) in [5.74, 6) is 0.697. The monoisotopic (exact) mass is 354 g/mol. The number of nitrogens with zero attached hydrogens (tertiary/aromatic N) is 3. The topological polar surface area (TPSA) is 76.5 Å². The first-order chi connectivity index (χ1) is 11.4. The summed E-state index contributed by atoms with van der Waals surface area (Å²) < 4.78 is 34.7. The molecule has 1 saturated carbocycles. The summed E-state index contributed by atoms with van der Waals surface area (Å²) in [5, 5.41) is 4.25. The van der Waals surface area contributed by atoms with Gasteiger partial charge in [-0.3, -0.25) is 9.58 Å². The van der Waals surface area contributed by atoms with Crippen molar-refractivity contribution in [2.75, 3.05) is 26.2 Å². The van der Waals surface area contributed by atoms with Crippen LogP contribution in [-0.2, 0) is 28.4 Å². The Bertz CT molecular complexity index is 713. The van der Waals surface area contributed by atoms with E-state index in [1.807, 2.05) is 18.7 Å². The molecule has 0 spiro atoms. The van der Waals surface area contributed by atoms with Gasteiger partial charge in [-0.25, -0.2) is 13.1 Å². The maximum absolute atomic E-state index is 12.0. The molecule has 7 nitrogen and oxygen atoms in total. The Labute approximate surface area is 143 Å². The summed E-state index contributed by atoms with van der Waals surface area (Å²) in [6.45, 7) is 5.94. The van der Waals surface area contributed by atoms with Crippen molar-refractivity contribution < 1.29 is 13.2 Å². The molecule has 2 aliphatic heterocycles. The van der Waals surface area contributed by atoms with E-state index in [4.69, 9.17) is 4.74 Å². The highest BCUT2D eigenvalue weighted by Gasteiger charge is 2.44. The minimum Gasteiger partial charge on any atom is -0.376 e. The normalized spacial score (nSPS) is 30.8. The van der Waals surface area contributed by atoms with Crippen molar-refractivity contribution in [3.63, 3.8) is 0 Å². The van der Waals surface area contributed by atoms with E-state index in [2.05, 4.69) is 20.8 Å². The van der Waals surface area contributed by atoms with E-state index in [1.54, 1.807) is 0 Å². The Hall–Kier alpha value is -0.960. The summed E-state index contributed by atoms with van der Waals surface area (Å²) in [5.41, 5.74) is 2.24.